The molecule has 2 aromatic rings. The maximum Gasteiger partial charge on any atom is 0.337 e. The van der Waals surface area contributed by atoms with Gasteiger partial charge in [-0.25, -0.2) is 9.18 Å². The number of aromatic nitrogens is 1. The quantitative estimate of drug-likeness (QED) is 0.828. The maximum atomic E-state index is 13.7. The zero-order valence-electron chi connectivity index (χ0n) is 9.55. The van der Waals surface area contributed by atoms with Crippen molar-refractivity contribution >= 4 is 5.97 Å². The Labute approximate surface area is 103 Å². The molecule has 0 saturated carbocycles. The van der Waals surface area contributed by atoms with Gasteiger partial charge in [0, 0.05) is 17.3 Å². The summed E-state index contributed by atoms with van der Waals surface area (Å²) in [5, 5.41) is 9.31. The standard InChI is InChI=1S/C13H10FNO3/c1-18-13(17)8-2-3-12(14)11(5-8)9-4-10(16)7-15-6-9/h2-7,16H,1H3. The second-order valence-electron chi connectivity index (χ2n) is 3.62. The second-order valence-corrected chi connectivity index (χ2v) is 3.62. The van der Waals surface area contributed by atoms with Crippen molar-refractivity contribution in [3.05, 3.63) is 48.0 Å². The van der Waals surface area contributed by atoms with E-state index in [1.54, 1.807) is 0 Å². The molecule has 0 unspecified atom stereocenters. The normalized spacial score (nSPS) is 10.1. The predicted octanol–water partition coefficient (Wildman–Crippen LogP) is 2.38. The fourth-order valence-corrected chi connectivity index (χ4v) is 1.57. The lowest BCUT2D eigenvalue weighted by atomic mass is 10.0. The lowest BCUT2D eigenvalue weighted by Gasteiger charge is -2.06. The molecule has 0 fully saturated rings. The van der Waals surface area contributed by atoms with Gasteiger partial charge in [-0.3, -0.25) is 4.98 Å². The van der Waals surface area contributed by atoms with Crippen LogP contribution in [0, 0.1) is 5.82 Å². The SMILES string of the molecule is COC(=O)c1ccc(F)c(-c2cncc(O)c2)c1. The van der Waals surface area contributed by atoms with Gasteiger partial charge in [0.15, 0.2) is 0 Å². The van der Waals surface area contributed by atoms with E-state index in [1.165, 1.54) is 43.8 Å². The van der Waals surface area contributed by atoms with Crippen LogP contribution in [0.3, 0.4) is 0 Å². The van der Waals surface area contributed by atoms with Crippen LogP contribution in [0.25, 0.3) is 11.1 Å². The number of ether oxygens (including phenoxy) is 1. The molecule has 1 aromatic heterocycles. The topological polar surface area (TPSA) is 59.4 Å². The number of carbonyl (C=O) groups excluding carboxylic acids is 1. The fourth-order valence-electron chi connectivity index (χ4n) is 1.57. The van der Waals surface area contributed by atoms with Crippen LogP contribution in [0.1, 0.15) is 10.4 Å². The van der Waals surface area contributed by atoms with Crippen LogP contribution in [0.5, 0.6) is 5.75 Å². The van der Waals surface area contributed by atoms with E-state index in [2.05, 4.69) is 9.72 Å². The predicted molar refractivity (Wildman–Crippen MR) is 62.6 cm³/mol. The Morgan fingerprint density at radius 3 is 2.78 bits per heavy atom. The molecular weight excluding hydrogens is 237 g/mol. The molecule has 0 aliphatic rings. The Bertz CT molecular complexity index is 599. The van der Waals surface area contributed by atoms with Gasteiger partial charge < -0.3 is 9.84 Å². The molecule has 0 amide bonds. The molecule has 5 heteroatoms. The third kappa shape index (κ3) is 2.29. The molecule has 1 N–H and O–H groups in total. The van der Waals surface area contributed by atoms with E-state index in [9.17, 15) is 14.3 Å². The van der Waals surface area contributed by atoms with Gasteiger partial charge in [-0.2, -0.15) is 0 Å². The lowest BCUT2D eigenvalue weighted by molar-refractivity contribution is 0.0600. The number of esters is 1. The summed E-state index contributed by atoms with van der Waals surface area (Å²) >= 11 is 0. The molecule has 4 nitrogen and oxygen atoms in total. The van der Waals surface area contributed by atoms with E-state index in [4.69, 9.17) is 0 Å². The molecule has 1 heterocycles. The van der Waals surface area contributed by atoms with E-state index in [1.807, 2.05) is 0 Å². The summed E-state index contributed by atoms with van der Waals surface area (Å²) in [5.74, 6) is -1.13. The van der Waals surface area contributed by atoms with Gasteiger partial charge in [-0.15, -0.1) is 0 Å². The maximum absolute atomic E-state index is 13.7. The van der Waals surface area contributed by atoms with Crippen molar-refractivity contribution in [1.82, 2.24) is 4.98 Å². The first-order chi connectivity index (χ1) is 8.61. The van der Waals surface area contributed by atoms with E-state index in [-0.39, 0.29) is 16.9 Å². The highest BCUT2D eigenvalue weighted by Gasteiger charge is 2.11. The van der Waals surface area contributed by atoms with Crippen LogP contribution in [-0.4, -0.2) is 23.2 Å². The summed E-state index contributed by atoms with van der Waals surface area (Å²) in [6.07, 6.45) is 2.64. The summed E-state index contributed by atoms with van der Waals surface area (Å²) < 4.78 is 18.3. The number of hydrogen-bond acceptors (Lipinski definition) is 4. The van der Waals surface area contributed by atoms with Gasteiger partial charge in [0.25, 0.3) is 0 Å². The number of nitrogens with zero attached hydrogens (tertiary/aromatic N) is 1. The Morgan fingerprint density at radius 1 is 1.33 bits per heavy atom. The number of rotatable bonds is 2. The van der Waals surface area contributed by atoms with Gasteiger partial charge >= 0.3 is 5.97 Å². The molecule has 1 aromatic carbocycles. The summed E-state index contributed by atoms with van der Waals surface area (Å²) in [5.41, 5.74) is 0.803. The minimum absolute atomic E-state index is 0.0737. The zero-order valence-corrected chi connectivity index (χ0v) is 9.55. The Hall–Kier alpha value is -2.43. The monoisotopic (exact) mass is 247 g/mol. The molecule has 0 spiro atoms. The summed E-state index contributed by atoms with van der Waals surface area (Å²) in [6, 6.07) is 5.23. The Kier molecular flexibility index (Phi) is 3.23. The van der Waals surface area contributed by atoms with Gasteiger partial charge in [0.05, 0.1) is 18.9 Å². The molecule has 0 aliphatic carbocycles. The number of pyridine rings is 1. The fraction of sp³-hybridized carbons (Fsp3) is 0.0769. The summed E-state index contributed by atoms with van der Waals surface area (Å²) in [7, 11) is 1.25. The zero-order chi connectivity index (χ0) is 13.1. The third-order valence-corrected chi connectivity index (χ3v) is 2.42. The van der Waals surface area contributed by atoms with Crippen molar-refractivity contribution in [3.8, 4) is 16.9 Å². The molecule has 0 atom stereocenters. The van der Waals surface area contributed by atoms with Crippen molar-refractivity contribution < 1.29 is 19.0 Å². The van der Waals surface area contributed by atoms with Crippen LogP contribution in [-0.2, 0) is 4.74 Å². The first kappa shape index (κ1) is 12.0. The molecule has 0 bridgehead atoms. The van der Waals surface area contributed by atoms with Crippen LogP contribution in [0.15, 0.2) is 36.7 Å². The molecule has 18 heavy (non-hydrogen) atoms. The molecule has 0 radical (unpaired) electrons. The van der Waals surface area contributed by atoms with Crippen LogP contribution < -0.4 is 0 Å². The van der Waals surface area contributed by atoms with Crippen LogP contribution >= 0.6 is 0 Å². The first-order valence-electron chi connectivity index (χ1n) is 5.14. The summed E-state index contributed by atoms with van der Waals surface area (Å²) in [4.78, 5) is 15.1. The van der Waals surface area contributed by atoms with E-state index in [0.717, 1.165) is 0 Å². The number of aromatic hydroxyl groups is 1. The molecular formula is C13H10FNO3. The van der Waals surface area contributed by atoms with Crippen molar-refractivity contribution in [3.63, 3.8) is 0 Å². The van der Waals surface area contributed by atoms with Crippen molar-refractivity contribution in [2.45, 2.75) is 0 Å². The molecule has 92 valence electrons. The number of carbonyl (C=O) groups is 1. The van der Waals surface area contributed by atoms with Crippen LogP contribution in [0.2, 0.25) is 0 Å². The average Bonchev–Trinajstić information content (AvgIpc) is 2.38. The van der Waals surface area contributed by atoms with Gasteiger partial charge in [-0.1, -0.05) is 0 Å². The number of hydrogen-bond donors (Lipinski definition) is 1. The molecule has 0 aliphatic heterocycles. The first-order valence-corrected chi connectivity index (χ1v) is 5.14. The highest BCUT2D eigenvalue weighted by atomic mass is 19.1. The highest BCUT2D eigenvalue weighted by Crippen LogP contribution is 2.26. The minimum Gasteiger partial charge on any atom is -0.506 e. The van der Waals surface area contributed by atoms with Gasteiger partial charge in [0.2, 0.25) is 0 Å². The van der Waals surface area contributed by atoms with E-state index < -0.39 is 11.8 Å². The number of benzene rings is 1. The third-order valence-electron chi connectivity index (χ3n) is 2.42. The lowest BCUT2D eigenvalue weighted by Crippen LogP contribution is -2.01. The van der Waals surface area contributed by atoms with E-state index in [0.29, 0.717) is 5.56 Å². The van der Waals surface area contributed by atoms with Crippen molar-refractivity contribution in [2.24, 2.45) is 0 Å². The Balaban J connectivity index is 2.53. The molecule has 0 saturated heterocycles. The van der Waals surface area contributed by atoms with Crippen molar-refractivity contribution in [2.75, 3.05) is 7.11 Å². The van der Waals surface area contributed by atoms with Crippen molar-refractivity contribution in [1.29, 1.82) is 0 Å². The number of methoxy groups -OCH3 is 1. The smallest absolute Gasteiger partial charge is 0.337 e. The number of halogens is 1. The summed E-state index contributed by atoms with van der Waals surface area (Å²) in [6.45, 7) is 0. The molecule has 2 rings (SSSR count). The Morgan fingerprint density at radius 2 is 2.11 bits per heavy atom. The minimum atomic E-state index is -0.552. The van der Waals surface area contributed by atoms with E-state index >= 15 is 0 Å². The second kappa shape index (κ2) is 4.83. The van der Waals surface area contributed by atoms with Gasteiger partial charge in [-0.05, 0) is 24.3 Å². The average molecular weight is 247 g/mol. The van der Waals surface area contributed by atoms with Gasteiger partial charge in [0.1, 0.15) is 11.6 Å². The van der Waals surface area contributed by atoms with Crippen LogP contribution in [0.4, 0.5) is 4.39 Å². The highest BCUT2D eigenvalue weighted by molar-refractivity contribution is 5.91. The largest absolute Gasteiger partial charge is 0.506 e.